The fourth-order valence-corrected chi connectivity index (χ4v) is 2.76. The molecular formula is C18H19FN2. The van der Waals surface area contributed by atoms with E-state index in [1.165, 1.54) is 22.7 Å². The number of hydrogen-bond donors (Lipinski definition) is 1. The molecule has 0 saturated heterocycles. The predicted molar refractivity (Wildman–Crippen MR) is 84.9 cm³/mol. The average molecular weight is 282 g/mol. The van der Waals surface area contributed by atoms with Crippen LogP contribution < -0.4 is 5.32 Å². The largest absolute Gasteiger partial charge is 0.339 e. The van der Waals surface area contributed by atoms with Crippen molar-refractivity contribution in [2.24, 2.45) is 0 Å². The summed E-state index contributed by atoms with van der Waals surface area (Å²) in [7, 11) is 1.94. The number of aromatic nitrogens is 1. The van der Waals surface area contributed by atoms with E-state index in [-0.39, 0.29) is 5.82 Å². The van der Waals surface area contributed by atoms with E-state index in [2.05, 4.69) is 28.1 Å². The van der Waals surface area contributed by atoms with E-state index in [0.717, 1.165) is 17.7 Å². The third kappa shape index (κ3) is 2.69. The van der Waals surface area contributed by atoms with Gasteiger partial charge in [0.05, 0.1) is 0 Å². The van der Waals surface area contributed by atoms with E-state index >= 15 is 0 Å². The Morgan fingerprint density at radius 3 is 2.71 bits per heavy atom. The van der Waals surface area contributed by atoms with Crippen LogP contribution in [0.1, 0.15) is 16.8 Å². The van der Waals surface area contributed by atoms with Gasteiger partial charge in [-0.2, -0.15) is 0 Å². The molecule has 3 heteroatoms. The minimum absolute atomic E-state index is 0.178. The molecule has 0 spiro atoms. The molecule has 3 aromatic rings. The Morgan fingerprint density at radius 2 is 1.90 bits per heavy atom. The second-order valence-electron chi connectivity index (χ2n) is 5.38. The van der Waals surface area contributed by atoms with Crippen LogP contribution in [0.5, 0.6) is 0 Å². The van der Waals surface area contributed by atoms with Crippen LogP contribution >= 0.6 is 0 Å². The number of nitrogens with zero attached hydrogens (tertiary/aromatic N) is 1. The van der Waals surface area contributed by atoms with Gasteiger partial charge in [0, 0.05) is 24.3 Å². The Kier molecular flexibility index (Phi) is 3.76. The summed E-state index contributed by atoms with van der Waals surface area (Å²) in [4.78, 5) is 0. The summed E-state index contributed by atoms with van der Waals surface area (Å²) in [6.45, 7) is 3.51. The summed E-state index contributed by atoms with van der Waals surface area (Å²) in [5, 5.41) is 4.42. The summed E-state index contributed by atoms with van der Waals surface area (Å²) in [6, 6.07) is 15.5. The van der Waals surface area contributed by atoms with Crippen LogP contribution in [0.25, 0.3) is 10.9 Å². The lowest BCUT2D eigenvalue weighted by Gasteiger charge is -2.13. The van der Waals surface area contributed by atoms with Crippen LogP contribution in [-0.4, -0.2) is 11.6 Å². The molecule has 2 aromatic carbocycles. The number of para-hydroxylation sites is 1. The zero-order valence-electron chi connectivity index (χ0n) is 12.4. The van der Waals surface area contributed by atoms with E-state index in [4.69, 9.17) is 0 Å². The molecule has 21 heavy (non-hydrogen) atoms. The zero-order chi connectivity index (χ0) is 14.8. The lowest BCUT2D eigenvalue weighted by molar-refractivity contribution is 0.621. The summed E-state index contributed by atoms with van der Waals surface area (Å²) < 4.78 is 15.8. The van der Waals surface area contributed by atoms with Crippen molar-refractivity contribution in [2.45, 2.75) is 20.0 Å². The van der Waals surface area contributed by atoms with Crippen LogP contribution in [0, 0.1) is 12.7 Å². The first kappa shape index (κ1) is 13.8. The van der Waals surface area contributed by atoms with E-state index < -0.39 is 0 Å². The Morgan fingerprint density at radius 1 is 1.10 bits per heavy atom. The summed E-state index contributed by atoms with van der Waals surface area (Å²) >= 11 is 0. The lowest BCUT2D eigenvalue weighted by atomic mass is 10.1. The first-order valence-electron chi connectivity index (χ1n) is 7.16. The molecule has 0 bridgehead atoms. The second kappa shape index (κ2) is 5.70. The smallest absolute Gasteiger partial charge is 0.123 e. The molecule has 0 aliphatic carbocycles. The van der Waals surface area contributed by atoms with E-state index in [0.29, 0.717) is 6.54 Å². The van der Waals surface area contributed by atoms with Gasteiger partial charge in [0.2, 0.25) is 0 Å². The van der Waals surface area contributed by atoms with Gasteiger partial charge in [-0.15, -0.1) is 0 Å². The third-order valence-corrected chi connectivity index (χ3v) is 3.89. The molecule has 0 amide bonds. The zero-order valence-corrected chi connectivity index (χ0v) is 12.4. The summed E-state index contributed by atoms with van der Waals surface area (Å²) in [5.41, 5.74) is 4.53. The molecular weight excluding hydrogens is 263 g/mol. The molecule has 1 N–H and O–H groups in total. The quantitative estimate of drug-likeness (QED) is 0.769. The van der Waals surface area contributed by atoms with Gasteiger partial charge in [0.15, 0.2) is 0 Å². The monoisotopic (exact) mass is 282 g/mol. The van der Waals surface area contributed by atoms with E-state index in [9.17, 15) is 4.39 Å². The molecule has 0 aliphatic rings. The van der Waals surface area contributed by atoms with E-state index in [1.54, 1.807) is 6.07 Å². The fraction of sp³-hybridized carbons (Fsp3) is 0.222. The van der Waals surface area contributed by atoms with Crippen molar-refractivity contribution in [1.82, 2.24) is 9.88 Å². The Hall–Kier alpha value is -2.13. The highest BCUT2D eigenvalue weighted by Crippen LogP contribution is 2.22. The first-order chi connectivity index (χ1) is 10.2. The SMILES string of the molecule is CNCc1cc2ccccc2n1Cc1cc(F)ccc1C. The molecule has 0 aliphatic heterocycles. The minimum atomic E-state index is -0.178. The number of nitrogens with one attached hydrogen (secondary N) is 1. The van der Waals surface area contributed by atoms with Gasteiger partial charge in [-0.05, 0) is 54.8 Å². The van der Waals surface area contributed by atoms with Gasteiger partial charge in [-0.3, -0.25) is 0 Å². The molecule has 1 heterocycles. The maximum atomic E-state index is 13.5. The molecule has 0 unspecified atom stereocenters. The predicted octanol–water partition coefficient (Wildman–Crippen LogP) is 3.86. The molecule has 0 atom stereocenters. The van der Waals surface area contributed by atoms with Gasteiger partial charge >= 0.3 is 0 Å². The van der Waals surface area contributed by atoms with Crippen molar-refractivity contribution >= 4 is 10.9 Å². The Labute approximate surface area is 124 Å². The minimum Gasteiger partial charge on any atom is -0.339 e. The van der Waals surface area contributed by atoms with Gasteiger partial charge in [-0.1, -0.05) is 24.3 Å². The standard InChI is InChI=1S/C18H19FN2/c1-13-7-8-16(19)9-15(13)12-21-17(11-20-2)10-14-5-3-4-6-18(14)21/h3-10,20H,11-12H2,1-2H3. The number of aryl methyl sites for hydroxylation is 1. The maximum absolute atomic E-state index is 13.5. The molecule has 0 saturated carbocycles. The highest BCUT2D eigenvalue weighted by atomic mass is 19.1. The van der Waals surface area contributed by atoms with Crippen LogP contribution in [-0.2, 0) is 13.1 Å². The lowest BCUT2D eigenvalue weighted by Crippen LogP contribution is -2.12. The average Bonchev–Trinajstić information content (AvgIpc) is 2.81. The van der Waals surface area contributed by atoms with Gasteiger partial charge in [-0.25, -0.2) is 4.39 Å². The number of benzene rings is 2. The maximum Gasteiger partial charge on any atom is 0.123 e. The number of fused-ring (bicyclic) bond motifs is 1. The summed E-state index contributed by atoms with van der Waals surface area (Å²) in [5.74, 6) is -0.178. The second-order valence-corrected chi connectivity index (χ2v) is 5.38. The Balaban J connectivity index is 2.10. The van der Waals surface area contributed by atoms with Crippen molar-refractivity contribution in [2.75, 3.05) is 7.05 Å². The highest BCUT2D eigenvalue weighted by molar-refractivity contribution is 5.81. The fourth-order valence-electron chi connectivity index (χ4n) is 2.76. The third-order valence-electron chi connectivity index (χ3n) is 3.89. The highest BCUT2D eigenvalue weighted by Gasteiger charge is 2.10. The van der Waals surface area contributed by atoms with Crippen LogP contribution in [0.2, 0.25) is 0 Å². The van der Waals surface area contributed by atoms with Crippen molar-refractivity contribution in [3.8, 4) is 0 Å². The van der Waals surface area contributed by atoms with Crippen LogP contribution in [0.4, 0.5) is 4.39 Å². The Bertz CT molecular complexity index is 774. The molecule has 1 aromatic heterocycles. The summed E-state index contributed by atoms with van der Waals surface area (Å²) in [6.07, 6.45) is 0. The van der Waals surface area contributed by atoms with Crippen molar-refractivity contribution in [1.29, 1.82) is 0 Å². The molecule has 0 fully saturated rings. The molecule has 108 valence electrons. The van der Waals surface area contributed by atoms with Gasteiger partial charge in [0.25, 0.3) is 0 Å². The van der Waals surface area contributed by atoms with Crippen LogP contribution in [0.3, 0.4) is 0 Å². The number of halogens is 1. The van der Waals surface area contributed by atoms with Crippen LogP contribution in [0.15, 0.2) is 48.5 Å². The van der Waals surface area contributed by atoms with Gasteiger partial charge < -0.3 is 9.88 Å². The molecule has 3 rings (SSSR count). The van der Waals surface area contributed by atoms with Crippen molar-refractivity contribution in [3.63, 3.8) is 0 Å². The number of hydrogen-bond acceptors (Lipinski definition) is 1. The topological polar surface area (TPSA) is 17.0 Å². The van der Waals surface area contributed by atoms with E-state index in [1.807, 2.05) is 32.2 Å². The van der Waals surface area contributed by atoms with Gasteiger partial charge in [0.1, 0.15) is 5.82 Å². The van der Waals surface area contributed by atoms with Crippen molar-refractivity contribution < 1.29 is 4.39 Å². The van der Waals surface area contributed by atoms with Crippen molar-refractivity contribution in [3.05, 3.63) is 71.2 Å². The normalized spacial score (nSPS) is 11.2. The first-order valence-corrected chi connectivity index (χ1v) is 7.16. The molecule has 2 nitrogen and oxygen atoms in total. The number of rotatable bonds is 4. The molecule has 0 radical (unpaired) electrons.